The van der Waals surface area contributed by atoms with Crippen molar-refractivity contribution in [2.75, 3.05) is 13.7 Å². The molecule has 1 atom stereocenters. The fraction of sp³-hybridized carbons (Fsp3) is 0.500. The summed E-state index contributed by atoms with van der Waals surface area (Å²) >= 11 is 0. The first-order valence-electron chi connectivity index (χ1n) is 5.38. The fourth-order valence-electron chi connectivity index (χ4n) is 1.32. The zero-order chi connectivity index (χ0) is 12.0. The first-order valence-corrected chi connectivity index (χ1v) is 5.38. The number of nitrogens with one attached hydrogen (secondary N) is 1. The molecule has 0 aliphatic rings. The summed E-state index contributed by atoms with van der Waals surface area (Å²) in [5, 5.41) is 12.3. The monoisotopic (exact) mass is 227 g/mol. The molecule has 0 saturated heterocycles. The second-order valence-corrected chi connectivity index (χ2v) is 3.65. The van der Waals surface area contributed by atoms with Gasteiger partial charge in [0.05, 0.1) is 13.2 Å². The number of hydrogen-bond acceptors (Lipinski definition) is 3. The van der Waals surface area contributed by atoms with Gasteiger partial charge >= 0.3 is 0 Å². The van der Waals surface area contributed by atoms with E-state index in [0.29, 0.717) is 30.8 Å². The Morgan fingerprint density at radius 3 is 2.81 bits per heavy atom. The SMILES string of the molecule is CCC(O)CNCc1ccc(OC)cc1F. The van der Waals surface area contributed by atoms with Gasteiger partial charge in [0.1, 0.15) is 11.6 Å². The topological polar surface area (TPSA) is 41.5 Å². The highest BCUT2D eigenvalue weighted by atomic mass is 19.1. The normalized spacial score (nSPS) is 12.5. The standard InChI is InChI=1S/C12H18FNO2/c1-3-10(15)8-14-7-9-4-5-11(16-2)6-12(9)13/h4-6,10,14-15H,3,7-8H2,1-2H3. The Kier molecular flexibility index (Phi) is 5.22. The Labute approximate surface area is 95.2 Å². The van der Waals surface area contributed by atoms with Crippen LogP contribution in [0.5, 0.6) is 5.75 Å². The van der Waals surface area contributed by atoms with Crippen LogP contribution in [0, 0.1) is 5.82 Å². The van der Waals surface area contributed by atoms with Gasteiger partial charge in [0.2, 0.25) is 0 Å². The zero-order valence-electron chi connectivity index (χ0n) is 9.66. The summed E-state index contributed by atoms with van der Waals surface area (Å²) in [5.41, 5.74) is 0.573. The molecular formula is C12H18FNO2. The van der Waals surface area contributed by atoms with E-state index >= 15 is 0 Å². The second kappa shape index (κ2) is 6.45. The number of benzene rings is 1. The highest BCUT2D eigenvalue weighted by molar-refractivity contribution is 5.28. The molecule has 0 heterocycles. The van der Waals surface area contributed by atoms with Crippen molar-refractivity contribution in [2.45, 2.75) is 26.0 Å². The van der Waals surface area contributed by atoms with Gasteiger partial charge in [-0.3, -0.25) is 0 Å². The van der Waals surface area contributed by atoms with Crippen molar-refractivity contribution in [1.29, 1.82) is 0 Å². The third-order valence-electron chi connectivity index (χ3n) is 2.43. The zero-order valence-corrected chi connectivity index (χ0v) is 9.66. The first-order chi connectivity index (χ1) is 7.67. The molecule has 0 aromatic heterocycles. The molecule has 2 N–H and O–H groups in total. The average Bonchev–Trinajstić information content (AvgIpc) is 2.30. The van der Waals surface area contributed by atoms with Gasteiger partial charge in [-0.05, 0) is 12.5 Å². The van der Waals surface area contributed by atoms with E-state index in [4.69, 9.17) is 4.74 Å². The van der Waals surface area contributed by atoms with Crippen LogP contribution in [0.4, 0.5) is 4.39 Å². The largest absolute Gasteiger partial charge is 0.497 e. The van der Waals surface area contributed by atoms with E-state index in [0.717, 1.165) is 0 Å². The number of rotatable bonds is 6. The molecule has 1 aromatic carbocycles. The fourth-order valence-corrected chi connectivity index (χ4v) is 1.32. The molecule has 0 saturated carbocycles. The number of halogens is 1. The third kappa shape index (κ3) is 3.79. The van der Waals surface area contributed by atoms with E-state index in [9.17, 15) is 9.50 Å². The lowest BCUT2D eigenvalue weighted by atomic mass is 10.2. The molecule has 16 heavy (non-hydrogen) atoms. The number of methoxy groups -OCH3 is 1. The van der Waals surface area contributed by atoms with Crippen LogP contribution in [0.15, 0.2) is 18.2 Å². The van der Waals surface area contributed by atoms with Gasteiger partial charge in [0.15, 0.2) is 0 Å². The minimum Gasteiger partial charge on any atom is -0.497 e. The van der Waals surface area contributed by atoms with Crippen molar-refractivity contribution < 1.29 is 14.2 Å². The smallest absolute Gasteiger partial charge is 0.131 e. The van der Waals surface area contributed by atoms with Crippen molar-refractivity contribution in [1.82, 2.24) is 5.32 Å². The summed E-state index contributed by atoms with van der Waals surface area (Å²) in [4.78, 5) is 0. The predicted molar refractivity (Wildman–Crippen MR) is 61.0 cm³/mol. The summed E-state index contributed by atoms with van der Waals surface area (Å²) < 4.78 is 18.4. The Bertz CT molecular complexity index is 331. The predicted octanol–water partition coefficient (Wildman–Crippen LogP) is 1.69. The minimum absolute atomic E-state index is 0.294. The second-order valence-electron chi connectivity index (χ2n) is 3.65. The Balaban J connectivity index is 2.48. The lowest BCUT2D eigenvalue weighted by Gasteiger charge is -2.10. The molecule has 0 fully saturated rings. The van der Waals surface area contributed by atoms with E-state index in [2.05, 4.69) is 5.32 Å². The molecule has 4 heteroatoms. The number of ether oxygens (including phenoxy) is 1. The van der Waals surface area contributed by atoms with Gasteiger partial charge in [-0.25, -0.2) is 4.39 Å². The van der Waals surface area contributed by atoms with Crippen LogP contribution in [0.3, 0.4) is 0 Å². The molecule has 1 unspecified atom stereocenters. The quantitative estimate of drug-likeness (QED) is 0.777. The molecule has 0 amide bonds. The summed E-state index contributed by atoms with van der Waals surface area (Å²) in [6, 6.07) is 4.75. The molecule has 1 rings (SSSR count). The molecule has 0 spiro atoms. The van der Waals surface area contributed by atoms with Crippen molar-refractivity contribution in [3.63, 3.8) is 0 Å². The van der Waals surface area contributed by atoms with Gasteiger partial charge in [-0.2, -0.15) is 0 Å². The molecule has 90 valence electrons. The Morgan fingerprint density at radius 2 is 2.25 bits per heavy atom. The van der Waals surface area contributed by atoms with Gasteiger partial charge in [0.25, 0.3) is 0 Å². The van der Waals surface area contributed by atoms with Crippen molar-refractivity contribution in [2.24, 2.45) is 0 Å². The molecule has 0 bridgehead atoms. The van der Waals surface area contributed by atoms with E-state index in [1.165, 1.54) is 13.2 Å². The van der Waals surface area contributed by atoms with Crippen molar-refractivity contribution >= 4 is 0 Å². The molecule has 1 aromatic rings. The summed E-state index contributed by atoms with van der Waals surface area (Å²) in [6.45, 7) is 2.79. The van der Waals surface area contributed by atoms with E-state index in [1.54, 1.807) is 12.1 Å². The summed E-state index contributed by atoms with van der Waals surface area (Å²) in [5.74, 6) is 0.215. The van der Waals surface area contributed by atoms with Gasteiger partial charge < -0.3 is 15.2 Å². The lowest BCUT2D eigenvalue weighted by Crippen LogP contribution is -2.26. The van der Waals surface area contributed by atoms with Crippen LogP contribution >= 0.6 is 0 Å². The van der Waals surface area contributed by atoms with Crippen molar-refractivity contribution in [3.05, 3.63) is 29.6 Å². The van der Waals surface area contributed by atoms with Crippen LogP contribution in [-0.2, 0) is 6.54 Å². The minimum atomic E-state index is -0.374. The number of hydrogen-bond donors (Lipinski definition) is 2. The summed E-state index contributed by atoms with van der Waals surface area (Å²) in [6.07, 6.45) is 0.319. The van der Waals surface area contributed by atoms with Crippen molar-refractivity contribution in [3.8, 4) is 5.75 Å². The van der Waals surface area contributed by atoms with Crippen LogP contribution in [0.1, 0.15) is 18.9 Å². The molecule has 0 radical (unpaired) electrons. The molecule has 3 nitrogen and oxygen atoms in total. The highest BCUT2D eigenvalue weighted by Crippen LogP contribution is 2.15. The van der Waals surface area contributed by atoms with E-state index in [1.807, 2.05) is 6.92 Å². The van der Waals surface area contributed by atoms with Crippen LogP contribution < -0.4 is 10.1 Å². The van der Waals surface area contributed by atoms with E-state index < -0.39 is 0 Å². The third-order valence-corrected chi connectivity index (χ3v) is 2.43. The van der Waals surface area contributed by atoms with E-state index in [-0.39, 0.29) is 11.9 Å². The highest BCUT2D eigenvalue weighted by Gasteiger charge is 2.05. The maximum absolute atomic E-state index is 13.5. The molecular weight excluding hydrogens is 209 g/mol. The number of aliphatic hydroxyl groups excluding tert-OH is 1. The first kappa shape index (κ1) is 12.9. The average molecular weight is 227 g/mol. The van der Waals surface area contributed by atoms with Crippen LogP contribution in [0.25, 0.3) is 0 Å². The number of aliphatic hydroxyl groups is 1. The van der Waals surface area contributed by atoms with Gasteiger partial charge in [0, 0.05) is 24.7 Å². The lowest BCUT2D eigenvalue weighted by molar-refractivity contribution is 0.167. The Morgan fingerprint density at radius 1 is 1.50 bits per heavy atom. The Hall–Kier alpha value is -1.13. The van der Waals surface area contributed by atoms with Gasteiger partial charge in [-0.1, -0.05) is 13.0 Å². The summed E-state index contributed by atoms with van der Waals surface area (Å²) in [7, 11) is 1.50. The van der Waals surface area contributed by atoms with Gasteiger partial charge in [-0.15, -0.1) is 0 Å². The molecule has 0 aliphatic carbocycles. The maximum Gasteiger partial charge on any atom is 0.131 e. The maximum atomic E-state index is 13.5. The van der Waals surface area contributed by atoms with Crippen LogP contribution in [-0.4, -0.2) is 24.9 Å². The molecule has 0 aliphatic heterocycles. The van der Waals surface area contributed by atoms with Crippen LogP contribution in [0.2, 0.25) is 0 Å².